The minimum atomic E-state index is -5.22. The molecule has 0 aliphatic rings. The molecule has 42 heavy (non-hydrogen) atoms. The molecule has 220 valence electrons. The van der Waals surface area contributed by atoms with E-state index < -0.39 is 85.5 Å². The van der Waals surface area contributed by atoms with Gasteiger partial charge < -0.3 is 15.5 Å². The van der Waals surface area contributed by atoms with Crippen molar-refractivity contribution in [3.05, 3.63) is 66.3 Å². The van der Waals surface area contributed by atoms with E-state index in [1.165, 1.54) is 18.2 Å². The predicted molar refractivity (Wildman–Crippen MR) is 140 cm³/mol. The molecular weight excluding hydrogens is 628 g/mol. The first kappa shape index (κ1) is 30.3. The number of sulfone groups is 1. The van der Waals surface area contributed by atoms with Crippen LogP contribution in [0, 0.1) is 11.9 Å². The number of anilines is 2. The molecule has 4 rings (SSSR count). The molecule has 1 aromatic heterocycles. The van der Waals surface area contributed by atoms with Crippen LogP contribution in [0.1, 0.15) is 0 Å². The fourth-order valence-corrected chi connectivity index (χ4v) is 5.61. The van der Waals surface area contributed by atoms with E-state index in [0.29, 0.717) is 23.6 Å². The first-order chi connectivity index (χ1) is 19.4. The van der Waals surface area contributed by atoms with Gasteiger partial charge in [-0.15, -0.1) is 10.2 Å². The largest absolute Gasteiger partial charge is 0.505 e. The van der Waals surface area contributed by atoms with E-state index in [4.69, 9.17) is 0 Å². The van der Waals surface area contributed by atoms with E-state index in [0.717, 1.165) is 6.07 Å². The minimum absolute atomic E-state index is 0.0606. The summed E-state index contributed by atoms with van der Waals surface area (Å²) in [5.74, 6) is -5.07. The van der Waals surface area contributed by atoms with Crippen LogP contribution in [0.15, 0.2) is 79.4 Å². The van der Waals surface area contributed by atoms with Crippen LogP contribution in [-0.4, -0.2) is 54.5 Å². The van der Waals surface area contributed by atoms with Crippen LogP contribution in [0.2, 0.25) is 0 Å². The smallest absolute Gasteiger partial charge is 0.298 e. The van der Waals surface area contributed by atoms with Crippen molar-refractivity contribution in [2.24, 2.45) is 10.2 Å². The molecule has 0 saturated heterocycles. The predicted octanol–water partition coefficient (Wildman–Crippen LogP) is 3.89. The van der Waals surface area contributed by atoms with Crippen molar-refractivity contribution in [1.82, 2.24) is 9.97 Å². The number of benzene rings is 3. The summed E-state index contributed by atoms with van der Waals surface area (Å²) in [5.41, 5.74) is -1.77. The van der Waals surface area contributed by atoms with Crippen LogP contribution in [0.3, 0.4) is 0 Å². The summed E-state index contributed by atoms with van der Waals surface area (Å²) in [6.45, 7) is 3.07. The third-order valence-corrected chi connectivity index (χ3v) is 8.43. The average molecular weight is 644 g/mol. The van der Waals surface area contributed by atoms with Crippen LogP contribution in [0.25, 0.3) is 10.8 Å². The zero-order valence-electron chi connectivity index (χ0n) is 20.3. The summed E-state index contributed by atoms with van der Waals surface area (Å²) in [5, 5.41) is 30.8. The Morgan fingerprint density at radius 2 is 1.43 bits per heavy atom. The van der Waals surface area contributed by atoms with E-state index >= 15 is 0 Å². The van der Waals surface area contributed by atoms with Gasteiger partial charge in [0.05, 0.1) is 4.90 Å². The lowest BCUT2D eigenvalue weighted by atomic mass is 10.1. The molecule has 0 amide bonds. The monoisotopic (exact) mass is 643 g/mol. The maximum atomic E-state index is 13.4. The van der Waals surface area contributed by atoms with Crippen molar-refractivity contribution in [1.29, 1.82) is 0 Å². The van der Waals surface area contributed by atoms with E-state index in [1.54, 1.807) is 0 Å². The fraction of sp³-hybridized carbons (Fsp3) is 0. The normalized spacial score (nSPS) is 12.6. The first-order valence-corrected chi connectivity index (χ1v) is 15.2. The summed E-state index contributed by atoms with van der Waals surface area (Å²) < 4.78 is 118. The minimum Gasteiger partial charge on any atom is -0.505 e. The molecule has 0 fully saturated rings. The van der Waals surface area contributed by atoms with Gasteiger partial charge in [0.1, 0.15) is 21.2 Å². The Bertz CT molecular complexity index is 2140. The number of nitrogens with one attached hydrogen (secondary N) is 1. The van der Waals surface area contributed by atoms with Gasteiger partial charge in [-0.05, 0) is 41.8 Å². The van der Waals surface area contributed by atoms with Crippen molar-refractivity contribution in [2.45, 2.75) is 14.7 Å². The first-order valence-electron chi connectivity index (χ1n) is 10.8. The molecule has 0 bridgehead atoms. The summed E-state index contributed by atoms with van der Waals surface area (Å²) in [6, 6.07) is 5.91. The van der Waals surface area contributed by atoms with Crippen molar-refractivity contribution in [3.8, 4) is 11.5 Å². The van der Waals surface area contributed by atoms with Gasteiger partial charge in [0.25, 0.3) is 20.2 Å². The molecule has 0 spiro atoms. The maximum Gasteiger partial charge on any atom is 0.298 e. The summed E-state index contributed by atoms with van der Waals surface area (Å²) >= 11 is 0. The summed E-state index contributed by atoms with van der Waals surface area (Å²) in [4.78, 5) is 3.54. The number of rotatable bonds is 8. The number of hydrogen-bond acceptors (Lipinski definition) is 13. The second-order valence-corrected chi connectivity index (χ2v) is 12.8. The van der Waals surface area contributed by atoms with Crippen LogP contribution >= 0.6 is 0 Å². The van der Waals surface area contributed by atoms with Crippen LogP contribution in [0.4, 0.5) is 31.8 Å². The Labute approximate surface area is 235 Å². The van der Waals surface area contributed by atoms with E-state index in [1.807, 2.05) is 0 Å². The molecule has 15 nitrogen and oxygen atoms in total. The van der Waals surface area contributed by atoms with Gasteiger partial charge >= 0.3 is 0 Å². The molecule has 0 unspecified atom stereocenters. The topological polar surface area (TPSA) is 246 Å². The molecule has 0 aliphatic carbocycles. The standard InChI is InChI=1S/C22H15F2N5O10S3/c1-2-40(32,33)12-7-14(21(31)16(8-12)42(37,38)39)28-29-19-15(41(34,35)36)6-10-5-11(3-4-13(10)20(19)30)25-22-26-17(23)9-18(24)27-22/h2-9,30-31H,1H2,(H,25,26,27)(H,34,35,36)(H,37,38,39). The lowest BCUT2D eigenvalue weighted by Crippen LogP contribution is -2.03. The Morgan fingerprint density at radius 1 is 0.810 bits per heavy atom. The quantitative estimate of drug-likeness (QED) is 0.104. The lowest BCUT2D eigenvalue weighted by molar-refractivity contribution is 0.443. The number of fused-ring (bicyclic) bond motifs is 1. The highest BCUT2D eigenvalue weighted by molar-refractivity contribution is 7.94. The highest BCUT2D eigenvalue weighted by Crippen LogP contribution is 2.44. The second kappa shape index (κ2) is 10.6. The number of phenols is 2. The van der Waals surface area contributed by atoms with E-state index in [-0.39, 0.29) is 16.5 Å². The van der Waals surface area contributed by atoms with Crippen molar-refractivity contribution < 1.29 is 53.4 Å². The molecule has 5 N–H and O–H groups in total. The average Bonchev–Trinajstić information content (AvgIpc) is 2.86. The van der Waals surface area contributed by atoms with Gasteiger partial charge in [-0.3, -0.25) is 9.11 Å². The zero-order valence-corrected chi connectivity index (χ0v) is 22.8. The van der Waals surface area contributed by atoms with Gasteiger partial charge in [-0.25, -0.2) is 8.42 Å². The molecule has 0 atom stereocenters. The molecule has 1 heterocycles. The highest BCUT2D eigenvalue weighted by atomic mass is 32.2. The number of azo groups is 1. The number of hydrogen-bond donors (Lipinski definition) is 5. The number of aromatic hydroxyl groups is 2. The highest BCUT2D eigenvalue weighted by Gasteiger charge is 2.26. The van der Waals surface area contributed by atoms with Crippen LogP contribution < -0.4 is 5.32 Å². The number of halogens is 2. The molecule has 0 saturated carbocycles. The van der Waals surface area contributed by atoms with Crippen LogP contribution in [0.5, 0.6) is 11.5 Å². The van der Waals surface area contributed by atoms with Gasteiger partial charge in [0.15, 0.2) is 21.3 Å². The van der Waals surface area contributed by atoms with Gasteiger partial charge in [-0.2, -0.15) is 35.6 Å². The number of phenolic OH excluding ortho intramolecular Hbond substituents is 2. The van der Waals surface area contributed by atoms with Crippen molar-refractivity contribution >= 4 is 63.9 Å². The number of nitrogens with zero attached hydrogens (tertiary/aromatic N) is 4. The zero-order chi connectivity index (χ0) is 31.2. The number of aromatic nitrogens is 2. The molecule has 4 aromatic rings. The Kier molecular flexibility index (Phi) is 7.69. The van der Waals surface area contributed by atoms with Gasteiger partial charge in [0.2, 0.25) is 17.8 Å². The third kappa shape index (κ3) is 6.16. The molecule has 0 radical (unpaired) electrons. The Morgan fingerprint density at radius 3 is 2.00 bits per heavy atom. The molecule has 3 aromatic carbocycles. The Balaban J connectivity index is 1.90. The van der Waals surface area contributed by atoms with E-state index in [9.17, 15) is 53.4 Å². The van der Waals surface area contributed by atoms with Crippen LogP contribution in [-0.2, 0) is 30.1 Å². The molecule has 0 aliphatic heterocycles. The fourth-order valence-electron chi connectivity index (χ4n) is 3.50. The molecule has 20 heteroatoms. The SMILES string of the molecule is C=CS(=O)(=O)c1cc(N=Nc2c(S(=O)(=O)O)cc3cc(Nc4nc(F)cc(F)n4)ccc3c2O)c(O)c(S(=O)(=O)O)c1. The van der Waals surface area contributed by atoms with Crippen molar-refractivity contribution in [3.63, 3.8) is 0 Å². The lowest BCUT2D eigenvalue weighted by Gasteiger charge is -2.11. The Hall–Kier alpha value is -4.63. The summed E-state index contributed by atoms with van der Waals surface area (Å²) in [6.07, 6.45) is 0. The molecular formula is C22H15F2N5O10S3. The van der Waals surface area contributed by atoms with Gasteiger partial charge in [0, 0.05) is 22.5 Å². The van der Waals surface area contributed by atoms with Crippen molar-refractivity contribution in [2.75, 3.05) is 5.32 Å². The van der Waals surface area contributed by atoms with E-state index in [2.05, 4.69) is 32.1 Å². The summed E-state index contributed by atoms with van der Waals surface area (Å²) in [7, 11) is -14.8. The van der Waals surface area contributed by atoms with Gasteiger partial charge in [-0.1, -0.05) is 6.58 Å². The third-order valence-electron chi connectivity index (χ3n) is 5.36. The second-order valence-electron chi connectivity index (χ2n) is 8.12. The maximum absolute atomic E-state index is 13.4.